The van der Waals surface area contributed by atoms with Crippen LogP contribution in [-0.4, -0.2) is 23.1 Å². The van der Waals surface area contributed by atoms with Crippen LogP contribution in [0, 0.1) is 5.92 Å². The van der Waals surface area contributed by atoms with E-state index >= 15 is 0 Å². The second kappa shape index (κ2) is 6.22. The van der Waals surface area contributed by atoms with E-state index in [1.807, 2.05) is 37.4 Å². The fourth-order valence-corrected chi connectivity index (χ4v) is 2.81. The summed E-state index contributed by atoms with van der Waals surface area (Å²) in [5, 5.41) is 0. The molecule has 0 amide bonds. The van der Waals surface area contributed by atoms with Crippen LogP contribution in [0.5, 0.6) is 5.75 Å². The van der Waals surface area contributed by atoms with Gasteiger partial charge in [0, 0.05) is 17.5 Å². The van der Waals surface area contributed by atoms with Gasteiger partial charge in [0.25, 0.3) is 0 Å². The van der Waals surface area contributed by atoms with Crippen molar-refractivity contribution in [2.24, 2.45) is 11.7 Å². The predicted octanol–water partition coefficient (Wildman–Crippen LogP) is 2.61. The van der Waals surface area contributed by atoms with Crippen molar-refractivity contribution >= 4 is 0 Å². The maximum atomic E-state index is 5.77. The highest BCUT2D eigenvalue weighted by molar-refractivity contribution is 5.57. The van der Waals surface area contributed by atoms with Gasteiger partial charge in [0.15, 0.2) is 5.82 Å². The summed E-state index contributed by atoms with van der Waals surface area (Å²) in [6, 6.07) is 7.96. The summed E-state index contributed by atoms with van der Waals surface area (Å²) in [4.78, 5) is 9.27. The predicted molar refractivity (Wildman–Crippen MR) is 83.2 cm³/mol. The minimum atomic E-state index is 0.577. The molecule has 1 heterocycles. The zero-order valence-corrected chi connectivity index (χ0v) is 12.4. The highest BCUT2D eigenvalue weighted by Crippen LogP contribution is 2.26. The van der Waals surface area contributed by atoms with E-state index in [1.165, 1.54) is 11.3 Å². The Morgan fingerprint density at radius 3 is 3.10 bits per heavy atom. The fourth-order valence-electron chi connectivity index (χ4n) is 2.81. The first-order valence-corrected chi connectivity index (χ1v) is 7.58. The highest BCUT2D eigenvalue weighted by Gasteiger charge is 2.19. The Balaban J connectivity index is 1.89. The summed E-state index contributed by atoms with van der Waals surface area (Å²) in [6.45, 7) is 3.39. The van der Waals surface area contributed by atoms with E-state index in [2.05, 4.69) is 4.98 Å². The quantitative estimate of drug-likeness (QED) is 0.937. The molecule has 1 aliphatic carbocycles. The molecule has 1 aromatic heterocycles. The van der Waals surface area contributed by atoms with Crippen LogP contribution in [0.15, 0.2) is 30.5 Å². The van der Waals surface area contributed by atoms with E-state index in [0.29, 0.717) is 12.5 Å². The number of fused-ring (bicyclic) bond motifs is 1. The summed E-state index contributed by atoms with van der Waals surface area (Å²) in [7, 11) is 0. The van der Waals surface area contributed by atoms with Crippen molar-refractivity contribution in [3.63, 3.8) is 0 Å². The van der Waals surface area contributed by atoms with Crippen molar-refractivity contribution in [1.82, 2.24) is 9.97 Å². The van der Waals surface area contributed by atoms with Crippen molar-refractivity contribution in [3.8, 4) is 17.1 Å². The monoisotopic (exact) mass is 283 g/mol. The molecule has 0 saturated heterocycles. The van der Waals surface area contributed by atoms with Crippen LogP contribution in [0.3, 0.4) is 0 Å². The first-order valence-electron chi connectivity index (χ1n) is 7.58. The summed E-state index contributed by atoms with van der Waals surface area (Å²) in [5.74, 6) is 2.22. The first-order chi connectivity index (χ1) is 10.3. The lowest BCUT2D eigenvalue weighted by atomic mass is 9.87. The molecule has 0 spiro atoms. The number of aryl methyl sites for hydroxylation is 1. The van der Waals surface area contributed by atoms with Gasteiger partial charge in [-0.2, -0.15) is 0 Å². The Hall–Kier alpha value is -1.94. The zero-order chi connectivity index (χ0) is 14.7. The van der Waals surface area contributed by atoms with Gasteiger partial charge in [-0.25, -0.2) is 9.97 Å². The minimum absolute atomic E-state index is 0.577. The number of rotatable bonds is 4. The molecule has 1 aromatic carbocycles. The molecule has 0 bridgehead atoms. The van der Waals surface area contributed by atoms with Gasteiger partial charge in [-0.3, -0.25) is 0 Å². The Morgan fingerprint density at radius 2 is 2.29 bits per heavy atom. The topological polar surface area (TPSA) is 61.0 Å². The maximum absolute atomic E-state index is 5.77. The van der Waals surface area contributed by atoms with Crippen LogP contribution in [0.25, 0.3) is 11.4 Å². The second-order valence-electron chi connectivity index (χ2n) is 5.47. The number of hydrogen-bond donors (Lipinski definition) is 1. The molecule has 4 heteroatoms. The smallest absolute Gasteiger partial charge is 0.159 e. The van der Waals surface area contributed by atoms with E-state index in [0.717, 1.165) is 42.9 Å². The van der Waals surface area contributed by atoms with Crippen LogP contribution in [0.2, 0.25) is 0 Å². The van der Waals surface area contributed by atoms with E-state index in [4.69, 9.17) is 15.5 Å². The van der Waals surface area contributed by atoms with Crippen LogP contribution >= 0.6 is 0 Å². The SMILES string of the molecule is CCOc1cccc(-c2ncc3c(n2)CCC(CN)C3)c1. The molecule has 2 aromatic rings. The zero-order valence-electron chi connectivity index (χ0n) is 12.4. The van der Waals surface area contributed by atoms with Gasteiger partial charge in [-0.15, -0.1) is 0 Å². The molecular formula is C17H21N3O. The lowest BCUT2D eigenvalue weighted by Crippen LogP contribution is -2.23. The van der Waals surface area contributed by atoms with Crippen LogP contribution in [0.4, 0.5) is 0 Å². The molecule has 3 rings (SSSR count). The highest BCUT2D eigenvalue weighted by atomic mass is 16.5. The normalized spacial score (nSPS) is 17.3. The van der Waals surface area contributed by atoms with Gasteiger partial charge in [-0.1, -0.05) is 12.1 Å². The lowest BCUT2D eigenvalue weighted by Gasteiger charge is -2.22. The molecule has 110 valence electrons. The number of aromatic nitrogens is 2. The molecule has 2 N–H and O–H groups in total. The number of ether oxygens (including phenoxy) is 1. The molecule has 4 nitrogen and oxygen atoms in total. The van der Waals surface area contributed by atoms with Gasteiger partial charge in [0.05, 0.1) is 6.61 Å². The summed E-state index contributed by atoms with van der Waals surface area (Å²) >= 11 is 0. The van der Waals surface area contributed by atoms with Crippen molar-refractivity contribution in [2.45, 2.75) is 26.2 Å². The number of benzene rings is 1. The molecule has 1 atom stereocenters. The Kier molecular flexibility index (Phi) is 4.15. The van der Waals surface area contributed by atoms with E-state index in [9.17, 15) is 0 Å². The van der Waals surface area contributed by atoms with Crippen LogP contribution in [-0.2, 0) is 12.8 Å². The van der Waals surface area contributed by atoms with Gasteiger partial charge in [0.2, 0.25) is 0 Å². The van der Waals surface area contributed by atoms with Crippen LogP contribution in [0.1, 0.15) is 24.6 Å². The molecule has 1 aliphatic rings. The van der Waals surface area contributed by atoms with Crippen molar-refractivity contribution in [1.29, 1.82) is 0 Å². The molecule has 0 radical (unpaired) electrons. The van der Waals surface area contributed by atoms with E-state index in [-0.39, 0.29) is 0 Å². The third kappa shape index (κ3) is 3.05. The summed E-state index contributed by atoms with van der Waals surface area (Å²) in [5.41, 5.74) is 9.20. The molecule has 0 fully saturated rings. The number of nitrogens with zero attached hydrogens (tertiary/aromatic N) is 2. The van der Waals surface area contributed by atoms with E-state index < -0.39 is 0 Å². The largest absolute Gasteiger partial charge is 0.494 e. The average molecular weight is 283 g/mol. The molecule has 1 unspecified atom stereocenters. The maximum Gasteiger partial charge on any atom is 0.159 e. The number of nitrogens with two attached hydrogens (primary N) is 1. The van der Waals surface area contributed by atoms with E-state index in [1.54, 1.807) is 0 Å². The summed E-state index contributed by atoms with van der Waals surface area (Å²) < 4.78 is 5.54. The van der Waals surface area contributed by atoms with Gasteiger partial charge >= 0.3 is 0 Å². The Morgan fingerprint density at radius 1 is 1.38 bits per heavy atom. The van der Waals surface area contributed by atoms with Crippen molar-refractivity contribution < 1.29 is 4.74 Å². The van der Waals surface area contributed by atoms with Crippen molar-refractivity contribution in [3.05, 3.63) is 41.7 Å². The number of hydrogen-bond acceptors (Lipinski definition) is 4. The Labute approximate surface area is 125 Å². The minimum Gasteiger partial charge on any atom is -0.494 e. The molecule has 0 aliphatic heterocycles. The third-order valence-electron chi connectivity index (χ3n) is 3.99. The average Bonchev–Trinajstić information content (AvgIpc) is 2.54. The molecule has 0 saturated carbocycles. The van der Waals surface area contributed by atoms with Gasteiger partial charge < -0.3 is 10.5 Å². The van der Waals surface area contributed by atoms with Gasteiger partial charge in [0.1, 0.15) is 5.75 Å². The second-order valence-corrected chi connectivity index (χ2v) is 5.47. The van der Waals surface area contributed by atoms with Gasteiger partial charge in [-0.05, 0) is 56.3 Å². The standard InChI is InChI=1S/C17H21N3O/c1-2-21-15-5-3-4-13(9-15)17-19-11-14-8-12(10-18)6-7-16(14)20-17/h3-5,9,11-12H,2,6-8,10,18H2,1H3. The fraction of sp³-hybridized carbons (Fsp3) is 0.412. The van der Waals surface area contributed by atoms with Crippen LogP contribution < -0.4 is 10.5 Å². The summed E-state index contributed by atoms with van der Waals surface area (Å²) in [6.07, 6.45) is 5.09. The Bertz CT molecular complexity index is 627. The third-order valence-corrected chi connectivity index (χ3v) is 3.99. The molecular weight excluding hydrogens is 262 g/mol. The first kappa shape index (κ1) is 14.0. The molecule has 21 heavy (non-hydrogen) atoms. The van der Waals surface area contributed by atoms with Crippen molar-refractivity contribution in [2.75, 3.05) is 13.2 Å². The lowest BCUT2D eigenvalue weighted by molar-refractivity contribution is 0.340.